The number of allylic oxidation sites excluding steroid dienone is 12. The van der Waals surface area contributed by atoms with Gasteiger partial charge in [0.2, 0.25) is 0 Å². The summed E-state index contributed by atoms with van der Waals surface area (Å²) >= 11 is 0. The van der Waals surface area contributed by atoms with E-state index in [1.54, 1.807) is 0 Å². The number of esters is 2. The van der Waals surface area contributed by atoms with Gasteiger partial charge >= 0.3 is 19.8 Å². The molecule has 56 heavy (non-hydrogen) atoms. The lowest BCUT2D eigenvalue weighted by Gasteiger charge is -2.20. The van der Waals surface area contributed by atoms with E-state index >= 15 is 0 Å². The van der Waals surface area contributed by atoms with Crippen LogP contribution in [0.3, 0.4) is 0 Å². The Labute approximate surface area is 338 Å². The number of ether oxygens (including phenoxy) is 2. The van der Waals surface area contributed by atoms with Crippen molar-refractivity contribution in [1.29, 1.82) is 0 Å². The van der Waals surface area contributed by atoms with E-state index in [4.69, 9.17) is 19.1 Å². The van der Waals surface area contributed by atoms with Crippen LogP contribution < -0.4 is 0 Å². The molecule has 0 fully saturated rings. The first-order chi connectivity index (χ1) is 27.1. The van der Waals surface area contributed by atoms with E-state index in [9.17, 15) is 29.3 Å². The molecule has 4 atom stereocenters. The zero-order chi connectivity index (χ0) is 41.4. The third kappa shape index (κ3) is 39.6. The Balaban J connectivity index is 4.45. The molecule has 0 bridgehead atoms. The van der Waals surface area contributed by atoms with Crippen molar-refractivity contribution in [2.75, 3.05) is 26.4 Å². The van der Waals surface area contributed by atoms with Crippen LogP contribution in [-0.2, 0) is 32.7 Å². The lowest BCUT2D eigenvalue weighted by Crippen LogP contribution is -2.29. The molecule has 0 amide bonds. The summed E-state index contributed by atoms with van der Waals surface area (Å²) in [6, 6.07) is 0. The third-order valence-corrected chi connectivity index (χ3v) is 9.33. The van der Waals surface area contributed by atoms with Crippen LogP contribution in [-0.4, -0.2) is 76.9 Å². The van der Waals surface area contributed by atoms with Crippen molar-refractivity contribution in [2.45, 2.75) is 167 Å². The lowest BCUT2D eigenvalue weighted by molar-refractivity contribution is -0.161. The zero-order valence-corrected chi connectivity index (χ0v) is 35.3. The molecular weight excluding hydrogens is 735 g/mol. The molecule has 0 aliphatic heterocycles. The predicted octanol–water partition coefficient (Wildman–Crippen LogP) is 9.86. The molecule has 1 unspecified atom stereocenters. The van der Waals surface area contributed by atoms with Crippen LogP contribution in [0.4, 0.5) is 0 Å². The van der Waals surface area contributed by atoms with Gasteiger partial charge in [-0.2, -0.15) is 0 Å². The summed E-state index contributed by atoms with van der Waals surface area (Å²) in [4.78, 5) is 34.9. The fourth-order valence-electron chi connectivity index (χ4n) is 5.11. The quantitative estimate of drug-likeness (QED) is 0.0154. The SMILES string of the molecule is CCCCCC/C=C\C=C/CCCCCCCC(=O)O[C@H](COC(=O)CCC/C=C\C/C=C\C/C=C\C/C=C\CCC[C@@H](C)O)COP(=O)(O)OC[C@@H](O)CO. The Morgan fingerprint density at radius 1 is 0.607 bits per heavy atom. The van der Waals surface area contributed by atoms with E-state index in [1.165, 1.54) is 25.7 Å². The summed E-state index contributed by atoms with van der Waals surface area (Å²) in [5, 5.41) is 27.6. The van der Waals surface area contributed by atoms with Gasteiger partial charge < -0.3 is 29.7 Å². The average Bonchev–Trinajstić information content (AvgIpc) is 3.17. The van der Waals surface area contributed by atoms with Crippen LogP contribution in [0.25, 0.3) is 0 Å². The highest BCUT2D eigenvalue weighted by atomic mass is 31.2. The zero-order valence-electron chi connectivity index (χ0n) is 34.4. The smallest absolute Gasteiger partial charge is 0.462 e. The maximum Gasteiger partial charge on any atom is 0.472 e. The minimum absolute atomic E-state index is 0.145. The standard InChI is InChI=1S/C44H75O11P/c1-3-4-5-6-7-8-9-10-12-17-20-23-26-29-32-35-44(49)55-42(39-54-56(50,51)53-37-41(47)36-45)38-52-43(48)34-31-28-25-22-19-16-14-11-13-15-18-21-24-27-30-33-40(2)46/h8-10,12-16,21-22,24-25,40-42,45-47H,3-7,11,17-20,23,26-39H2,1-2H3,(H,50,51)/b9-8-,12-10-,15-13-,16-14-,24-21-,25-22-/t40-,41+,42-/m1/s1. The van der Waals surface area contributed by atoms with Gasteiger partial charge in [-0.25, -0.2) is 4.57 Å². The summed E-state index contributed by atoms with van der Waals surface area (Å²) < 4.78 is 32.6. The summed E-state index contributed by atoms with van der Waals surface area (Å²) in [7, 11) is -4.64. The molecule has 0 rings (SSSR count). The van der Waals surface area contributed by atoms with E-state index in [-0.39, 0.29) is 25.6 Å². The van der Waals surface area contributed by atoms with Gasteiger partial charge in [-0.15, -0.1) is 0 Å². The van der Waals surface area contributed by atoms with Crippen molar-refractivity contribution in [3.8, 4) is 0 Å². The lowest BCUT2D eigenvalue weighted by atomic mass is 10.1. The van der Waals surface area contributed by atoms with Crippen LogP contribution in [0.1, 0.15) is 149 Å². The topological polar surface area (TPSA) is 169 Å². The average molecular weight is 811 g/mol. The third-order valence-electron chi connectivity index (χ3n) is 8.38. The second kappa shape index (κ2) is 39.2. The number of rotatable bonds is 38. The maximum atomic E-state index is 12.6. The Kier molecular flexibility index (Phi) is 37.4. The molecule has 0 aromatic rings. The van der Waals surface area contributed by atoms with Gasteiger partial charge in [0, 0.05) is 12.8 Å². The molecule has 0 spiro atoms. The van der Waals surface area contributed by atoms with Crippen LogP contribution in [0, 0.1) is 0 Å². The Morgan fingerprint density at radius 3 is 1.70 bits per heavy atom. The molecule has 0 heterocycles. The second-order valence-corrected chi connectivity index (χ2v) is 15.4. The van der Waals surface area contributed by atoms with Gasteiger partial charge in [0.05, 0.1) is 25.9 Å². The van der Waals surface area contributed by atoms with Crippen molar-refractivity contribution in [2.24, 2.45) is 0 Å². The molecule has 0 aliphatic rings. The first-order valence-electron chi connectivity index (χ1n) is 20.9. The normalized spacial score (nSPS) is 15.2. The number of aliphatic hydroxyl groups is 3. The first-order valence-corrected chi connectivity index (χ1v) is 22.4. The molecule has 0 aromatic heterocycles. The van der Waals surface area contributed by atoms with Gasteiger partial charge in [0.1, 0.15) is 12.7 Å². The van der Waals surface area contributed by atoms with E-state index in [2.05, 4.69) is 72.2 Å². The number of unbranched alkanes of at least 4 members (excludes halogenated alkanes) is 11. The minimum atomic E-state index is -4.64. The number of carbonyl (C=O) groups excluding carboxylic acids is 2. The number of carbonyl (C=O) groups is 2. The van der Waals surface area contributed by atoms with Crippen molar-refractivity contribution >= 4 is 19.8 Å². The molecule has 0 saturated heterocycles. The van der Waals surface area contributed by atoms with Crippen molar-refractivity contribution in [3.63, 3.8) is 0 Å². The summed E-state index contributed by atoms with van der Waals surface area (Å²) in [5.41, 5.74) is 0. The molecular formula is C44H75O11P. The number of aliphatic hydroxyl groups excluding tert-OH is 3. The van der Waals surface area contributed by atoms with Crippen LogP contribution in [0.5, 0.6) is 0 Å². The number of phosphoric acid groups is 1. The van der Waals surface area contributed by atoms with Crippen LogP contribution in [0.2, 0.25) is 0 Å². The van der Waals surface area contributed by atoms with Gasteiger partial charge in [-0.1, -0.05) is 118 Å². The fraction of sp³-hybridized carbons (Fsp3) is 0.682. The Hall–Kier alpha value is -2.63. The number of hydrogen-bond acceptors (Lipinski definition) is 10. The first kappa shape index (κ1) is 53.4. The van der Waals surface area contributed by atoms with E-state index in [0.717, 1.165) is 77.0 Å². The maximum absolute atomic E-state index is 12.6. The number of hydrogen-bond donors (Lipinski definition) is 4. The van der Waals surface area contributed by atoms with Gasteiger partial charge in [0.15, 0.2) is 6.10 Å². The van der Waals surface area contributed by atoms with Gasteiger partial charge in [0.25, 0.3) is 0 Å². The Bertz CT molecular complexity index is 1180. The van der Waals surface area contributed by atoms with E-state index < -0.39 is 51.8 Å². The highest BCUT2D eigenvalue weighted by Gasteiger charge is 2.27. The van der Waals surface area contributed by atoms with Crippen molar-refractivity contribution in [1.82, 2.24) is 0 Å². The molecule has 0 radical (unpaired) electrons. The molecule has 4 N–H and O–H groups in total. The molecule has 11 nitrogen and oxygen atoms in total. The summed E-state index contributed by atoms with van der Waals surface area (Å²) in [6.07, 6.45) is 41.5. The predicted molar refractivity (Wildman–Crippen MR) is 225 cm³/mol. The van der Waals surface area contributed by atoms with Gasteiger partial charge in [-0.3, -0.25) is 18.6 Å². The van der Waals surface area contributed by atoms with Crippen molar-refractivity contribution in [3.05, 3.63) is 72.9 Å². The van der Waals surface area contributed by atoms with E-state index in [0.29, 0.717) is 19.3 Å². The van der Waals surface area contributed by atoms with Gasteiger partial charge in [-0.05, 0) is 90.4 Å². The number of phosphoric ester groups is 1. The summed E-state index contributed by atoms with van der Waals surface area (Å²) in [5.74, 6) is -1.03. The summed E-state index contributed by atoms with van der Waals surface area (Å²) in [6.45, 7) is 1.80. The highest BCUT2D eigenvalue weighted by molar-refractivity contribution is 7.47. The molecule has 0 aliphatic carbocycles. The van der Waals surface area contributed by atoms with Crippen LogP contribution >= 0.6 is 7.82 Å². The Morgan fingerprint density at radius 2 is 1.11 bits per heavy atom. The van der Waals surface area contributed by atoms with Crippen LogP contribution in [0.15, 0.2) is 72.9 Å². The molecule has 12 heteroatoms. The van der Waals surface area contributed by atoms with E-state index in [1.807, 2.05) is 19.1 Å². The molecule has 0 aromatic carbocycles. The van der Waals surface area contributed by atoms with Crippen molar-refractivity contribution < 1.29 is 52.9 Å². The monoisotopic (exact) mass is 811 g/mol. The molecule has 322 valence electrons. The minimum Gasteiger partial charge on any atom is -0.462 e. The highest BCUT2D eigenvalue weighted by Crippen LogP contribution is 2.43. The fourth-order valence-corrected chi connectivity index (χ4v) is 5.90. The second-order valence-electron chi connectivity index (χ2n) is 14.0. The molecule has 0 saturated carbocycles. The largest absolute Gasteiger partial charge is 0.472 e.